The number of methoxy groups -OCH3 is 1. The summed E-state index contributed by atoms with van der Waals surface area (Å²) < 4.78 is 6.69. The summed E-state index contributed by atoms with van der Waals surface area (Å²) >= 11 is 5.98. The van der Waals surface area contributed by atoms with E-state index in [-0.39, 0.29) is 6.04 Å². The predicted molar refractivity (Wildman–Crippen MR) is 54.8 cm³/mol. The molecule has 3 N–H and O–H groups in total. The van der Waals surface area contributed by atoms with Crippen LogP contribution in [-0.4, -0.2) is 23.5 Å². The molecule has 0 bridgehead atoms. The van der Waals surface area contributed by atoms with E-state index < -0.39 is 0 Å². The van der Waals surface area contributed by atoms with E-state index in [0.29, 0.717) is 11.6 Å². The first-order valence-corrected chi connectivity index (χ1v) is 4.71. The van der Waals surface area contributed by atoms with E-state index in [1.165, 1.54) is 0 Å². The maximum Gasteiger partial charge on any atom is 0.0834 e. The van der Waals surface area contributed by atoms with Crippen LogP contribution in [0.4, 0.5) is 0 Å². The molecule has 14 heavy (non-hydrogen) atoms. The highest BCUT2D eigenvalue weighted by molar-refractivity contribution is 6.31. The zero-order valence-electron chi connectivity index (χ0n) is 8.33. The van der Waals surface area contributed by atoms with Crippen LogP contribution in [0.3, 0.4) is 0 Å². The lowest BCUT2D eigenvalue weighted by atomic mass is 10.1. The molecule has 0 aliphatic heterocycles. The fourth-order valence-corrected chi connectivity index (χ4v) is 1.64. The summed E-state index contributed by atoms with van der Waals surface area (Å²) in [6, 6.07) is -0.0325. The van der Waals surface area contributed by atoms with Crippen LogP contribution in [0.15, 0.2) is 6.20 Å². The Labute approximate surface area is 88.1 Å². The number of ether oxygens (including phenoxy) is 1. The van der Waals surface area contributed by atoms with E-state index in [2.05, 4.69) is 10.5 Å². The van der Waals surface area contributed by atoms with Gasteiger partial charge in [0.05, 0.1) is 23.0 Å². The molecule has 1 atom stereocenters. The van der Waals surface area contributed by atoms with Crippen molar-refractivity contribution in [3.05, 3.63) is 16.9 Å². The zero-order valence-corrected chi connectivity index (χ0v) is 9.08. The molecule has 5 nitrogen and oxygen atoms in total. The van der Waals surface area contributed by atoms with Crippen molar-refractivity contribution in [1.29, 1.82) is 0 Å². The second-order valence-electron chi connectivity index (χ2n) is 3.00. The fraction of sp³-hybridized carbons (Fsp3) is 0.625. The van der Waals surface area contributed by atoms with Crippen molar-refractivity contribution in [2.24, 2.45) is 12.9 Å². The molecule has 0 saturated carbocycles. The predicted octanol–water partition coefficient (Wildman–Crippen LogP) is 0.614. The van der Waals surface area contributed by atoms with Crippen molar-refractivity contribution in [2.45, 2.75) is 12.5 Å². The van der Waals surface area contributed by atoms with Gasteiger partial charge >= 0.3 is 0 Å². The van der Waals surface area contributed by atoms with Gasteiger partial charge in [-0.05, 0) is 6.42 Å². The first-order valence-electron chi connectivity index (χ1n) is 4.33. The largest absolute Gasteiger partial charge is 0.385 e. The average molecular weight is 219 g/mol. The van der Waals surface area contributed by atoms with Crippen LogP contribution in [0.5, 0.6) is 0 Å². The van der Waals surface area contributed by atoms with Gasteiger partial charge in [0.1, 0.15) is 0 Å². The summed E-state index contributed by atoms with van der Waals surface area (Å²) in [6.45, 7) is 0.621. The second-order valence-corrected chi connectivity index (χ2v) is 3.41. The van der Waals surface area contributed by atoms with Crippen molar-refractivity contribution >= 4 is 11.6 Å². The van der Waals surface area contributed by atoms with Crippen LogP contribution in [0.2, 0.25) is 5.02 Å². The standard InChI is InChI=1S/C8H15ClN4O/c1-13-8(6(9)5-11-13)7(12-10)3-4-14-2/h5,7,12H,3-4,10H2,1-2H3. The van der Waals surface area contributed by atoms with Gasteiger partial charge in [-0.15, -0.1) is 0 Å². The molecule has 0 radical (unpaired) electrons. The second kappa shape index (κ2) is 5.31. The summed E-state index contributed by atoms with van der Waals surface area (Å²) in [7, 11) is 3.48. The number of nitrogens with one attached hydrogen (secondary N) is 1. The van der Waals surface area contributed by atoms with Crippen LogP contribution >= 0.6 is 11.6 Å². The van der Waals surface area contributed by atoms with Gasteiger partial charge in [-0.25, -0.2) is 0 Å². The van der Waals surface area contributed by atoms with Crippen molar-refractivity contribution in [2.75, 3.05) is 13.7 Å². The van der Waals surface area contributed by atoms with E-state index in [4.69, 9.17) is 22.2 Å². The minimum absolute atomic E-state index is 0.0325. The number of aryl methyl sites for hydroxylation is 1. The lowest BCUT2D eigenvalue weighted by molar-refractivity contribution is 0.181. The number of hydrazine groups is 1. The van der Waals surface area contributed by atoms with Crippen LogP contribution in [-0.2, 0) is 11.8 Å². The van der Waals surface area contributed by atoms with E-state index in [9.17, 15) is 0 Å². The highest BCUT2D eigenvalue weighted by Gasteiger charge is 2.17. The average Bonchev–Trinajstić information content (AvgIpc) is 2.50. The number of hydrogen-bond donors (Lipinski definition) is 2. The molecular formula is C8H15ClN4O. The molecule has 1 rings (SSSR count). The molecule has 80 valence electrons. The van der Waals surface area contributed by atoms with Crippen LogP contribution in [0.1, 0.15) is 18.2 Å². The molecule has 0 aromatic carbocycles. The quantitative estimate of drug-likeness (QED) is 0.562. The van der Waals surface area contributed by atoms with Gasteiger partial charge in [-0.1, -0.05) is 11.6 Å². The van der Waals surface area contributed by atoms with Gasteiger partial charge in [0, 0.05) is 20.8 Å². The minimum atomic E-state index is -0.0325. The van der Waals surface area contributed by atoms with Crippen molar-refractivity contribution in [3.8, 4) is 0 Å². The van der Waals surface area contributed by atoms with Crippen molar-refractivity contribution < 1.29 is 4.74 Å². The van der Waals surface area contributed by atoms with Crippen LogP contribution < -0.4 is 11.3 Å². The number of hydrogen-bond acceptors (Lipinski definition) is 4. The van der Waals surface area contributed by atoms with E-state index in [1.54, 1.807) is 18.0 Å². The molecule has 0 amide bonds. The number of halogens is 1. The highest BCUT2D eigenvalue weighted by Crippen LogP contribution is 2.23. The molecule has 0 saturated heterocycles. The lowest BCUT2D eigenvalue weighted by Crippen LogP contribution is -2.30. The molecule has 1 aromatic heterocycles. The van der Waals surface area contributed by atoms with Gasteiger partial charge < -0.3 is 4.74 Å². The van der Waals surface area contributed by atoms with Crippen LogP contribution in [0.25, 0.3) is 0 Å². The van der Waals surface area contributed by atoms with Crippen molar-refractivity contribution in [1.82, 2.24) is 15.2 Å². The molecule has 0 spiro atoms. The van der Waals surface area contributed by atoms with E-state index in [1.807, 2.05) is 7.05 Å². The maximum atomic E-state index is 5.98. The topological polar surface area (TPSA) is 65.1 Å². The van der Waals surface area contributed by atoms with Crippen LogP contribution in [0, 0.1) is 0 Å². The Morgan fingerprint density at radius 3 is 2.93 bits per heavy atom. The minimum Gasteiger partial charge on any atom is -0.385 e. The normalized spacial score (nSPS) is 13.1. The molecule has 1 unspecified atom stereocenters. The molecule has 6 heteroatoms. The Bertz CT molecular complexity index is 269. The SMILES string of the molecule is COCCC(NN)c1c(Cl)cnn1C. The third-order valence-electron chi connectivity index (χ3n) is 2.08. The van der Waals surface area contributed by atoms with E-state index in [0.717, 1.165) is 12.1 Å². The first kappa shape index (κ1) is 11.5. The number of rotatable bonds is 5. The molecular weight excluding hydrogens is 204 g/mol. The van der Waals surface area contributed by atoms with Gasteiger partial charge in [0.25, 0.3) is 0 Å². The Morgan fingerprint density at radius 2 is 2.50 bits per heavy atom. The Morgan fingerprint density at radius 1 is 1.79 bits per heavy atom. The fourth-order valence-electron chi connectivity index (χ4n) is 1.35. The van der Waals surface area contributed by atoms with Gasteiger partial charge in [0.2, 0.25) is 0 Å². The van der Waals surface area contributed by atoms with Gasteiger partial charge in [-0.3, -0.25) is 16.0 Å². The number of aromatic nitrogens is 2. The molecule has 0 aliphatic carbocycles. The lowest BCUT2D eigenvalue weighted by Gasteiger charge is -2.16. The molecule has 1 aromatic rings. The smallest absolute Gasteiger partial charge is 0.0834 e. The Kier molecular flexibility index (Phi) is 4.34. The Balaban J connectivity index is 2.77. The monoisotopic (exact) mass is 218 g/mol. The van der Waals surface area contributed by atoms with Crippen molar-refractivity contribution in [3.63, 3.8) is 0 Å². The molecule has 0 fully saturated rings. The summed E-state index contributed by atoms with van der Waals surface area (Å²) in [5.74, 6) is 5.44. The third-order valence-corrected chi connectivity index (χ3v) is 2.37. The van der Waals surface area contributed by atoms with E-state index >= 15 is 0 Å². The van der Waals surface area contributed by atoms with Gasteiger partial charge in [0.15, 0.2) is 0 Å². The third kappa shape index (κ3) is 2.45. The summed E-state index contributed by atoms with van der Waals surface area (Å²) in [4.78, 5) is 0. The first-order chi connectivity index (χ1) is 6.70. The highest BCUT2D eigenvalue weighted by atomic mass is 35.5. The molecule has 1 heterocycles. The van der Waals surface area contributed by atoms with Gasteiger partial charge in [-0.2, -0.15) is 5.10 Å². The summed E-state index contributed by atoms with van der Waals surface area (Å²) in [6.07, 6.45) is 2.36. The zero-order chi connectivity index (χ0) is 10.6. The molecule has 0 aliphatic rings. The maximum absolute atomic E-state index is 5.98. The number of nitrogens with two attached hydrogens (primary N) is 1. The number of nitrogens with zero attached hydrogens (tertiary/aromatic N) is 2. The summed E-state index contributed by atoms with van der Waals surface area (Å²) in [5.41, 5.74) is 3.58. The summed E-state index contributed by atoms with van der Waals surface area (Å²) in [5, 5.41) is 4.66. The Hall–Kier alpha value is -0.620.